The van der Waals surface area contributed by atoms with Gasteiger partial charge in [-0.15, -0.1) is 11.3 Å². The molecule has 0 spiro atoms. The highest BCUT2D eigenvalue weighted by Gasteiger charge is 2.21. The second-order valence-electron chi connectivity index (χ2n) is 6.73. The number of aromatic nitrogens is 1. The van der Waals surface area contributed by atoms with Crippen LogP contribution in [0.15, 0.2) is 30.3 Å². The average molecular weight is 401 g/mol. The zero-order valence-electron chi connectivity index (χ0n) is 15.6. The summed E-state index contributed by atoms with van der Waals surface area (Å²) in [6, 6.07) is 7.21. The molecule has 1 aliphatic carbocycles. The molecule has 3 amide bonds. The van der Waals surface area contributed by atoms with Gasteiger partial charge in [-0.1, -0.05) is 31.4 Å². The molecule has 0 radical (unpaired) electrons. The molecule has 0 unspecified atom stereocenters. The lowest BCUT2D eigenvalue weighted by molar-refractivity contribution is -0.149. The van der Waals surface area contributed by atoms with E-state index < -0.39 is 24.0 Å². The number of thiazole rings is 1. The van der Waals surface area contributed by atoms with Gasteiger partial charge in [-0.2, -0.15) is 0 Å². The van der Waals surface area contributed by atoms with Gasteiger partial charge in [0.1, 0.15) is 5.01 Å². The Bertz CT molecular complexity index is 853. The number of para-hydroxylation sites is 1. The molecule has 1 aliphatic rings. The van der Waals surface area contributed by atoms with Gasteiger partial charge in [0.2, 0.25) is 0 Å². The second kappa shape index (κ2) is 9.45. The molecule has 2 N–H and O–H groups in total. The highest BCUT2D eigenvalue weighted by atomic mass is 32.1. The smallest absolute Gasteiger partial charge is 0.331 e. The summed E-state index contributed by atoms with van der Waals surface area (Å²) in [5.74, 6) is -1.33. The van der Waals surface area contributed by atoms with Gasteiger partial charge < -0.3 is 10.1 Å². The van der Waals surface area contributed by atoms with Gasteiger partial charge in [-0.25, -0.2) is 14.6 Å². The lowest BCUT2D eigenvalue weighted by Crippen LogP contribution is -2.48. The maximum Gasteiger partial charge on any atom is 0.331 e. The van der Waals surface area contributed by atoms with Crippen LogP contribution >= 0.6 is 11.3 Å². The van der Waals surface area contributed by atoms with E-state index in [0.717, 1.165) is 35.9 Å². The Morgan fingerprint density at radius 2 is 1.96 bits per heavy atom. The van der Waals surface area contributed by atoms with Crippen molar-refractivity contribution in [3.8, 4) is 0 Å². The molecule has 1 heterocycles. The van der Waals surface area contributed by atoms with Crippen molar-refractivity contribution in [2.75, 3.05) is 0 Å². The molecule has 28 heavy (non-hydrogen) atoms. The Labute approximate surface area is 167 Å². The highest BCUT2D eigenvalue weighted by Crippen LogP contribution is 2.22. The number of esters is 1. The minimum atomic E-state index is -1.08. The number of carbonyl (C=O) groups is 3. The van der Waals surface area contributed by atoms with Crippen LogP contribution < -0.4 is 10.6 Å². The number of nitrogens with one attached hydrogen (secondary N) is 2. The summed E-state index contributed by atoms with van der Waals surface area (Å²) in [5.41, 5.74) is 0.859. The molecule has 1 atom stereocenters. The summed E-state index contributed by atoms with van der Waals surface area (Å²) in [7, 11) is 0. The number of hydrogen-bond acceptors (Lipinski definition) is 6. The minimum absolute atomic E-state index is 0.0937. The van der Waals surface area contributed by atoms with E-state index in [1.54, 1.807) is 6.08 Å². The molecule has 3 rings (SSSR count). The van der Waals surface area contributed by atoms with Crippen molar-refractivity contribution >= 4 is 45.5 Å². The Balaban J connectivity index is 1.45. The van der Waals surface area contributed by atoms with Gasteiger partial charge in [0.15, 0.2) is 6.10 Å². The van der Waals surface area contributed by atoms with E-state index in [1.165, 1.54) is 30.8 Å². The lowest BCUT2D eigenvalue weighted by Gasteiger charge is -2.23. The summed E-state index contributed by atoms with van der Waals surface area (Å²) in [5, 5.41) is 5.68. The fourth-order valence-corrected chi connectivity index (χ4v) is 3.92. The van der Waals surface area contributed by atoms with Crippen molar-refractivity contribution in [2.45, 2.75) is 51.2 Å². The van der Waals surface area contributed by atoms with Crippen LogP contribution in [0.5, 0.6) is 0 Å². The Morgan fingerprint density at radius 1 is 1.21 bits per heavy atom. The van der Waals surface area contributed by atoms with Gasteiger partial charge in [0, 0.05) is 12.1 Å². The number of benzene rings is 1. The molecule has 1 fully saturated rings. The van der Waals surface area contributed by atoms with E-state index in [-0.39, 0.29) is 6.04 Å². The summed E-state index contributed by atoms with van der Waals surface area (Å²) in [6.45, 7) is 1.42. The standard InChI is InChI=1S/C20H23N3O4S/c1-13(19(25)23-20(26)21-14-7-3-2-4-8-14)27-18(24)12-11-17-22-15-9-5-6-10-16(15)28-17/h5-6,9-14H,2-4,7-8H2,1H3,(H2,21,23,25,26)/b12-11+/t13-/m1/s1. The van der Waals surface area contributed by atoms with E-state index in [0.29, 0.717) is 5.01 Å². The number of ether oxygens (including phenoxy) is 1. The molecule has 8 heteroatoms. The molecular formula is C20H23N3O4S. The number of hydrogen-bond donors (Lipinski definition) is 2. The average Bonchev–Trinajstić information content (AvgIpc) is 3.10. The Morgan fingerprint density at radius 3 is 2.71 bits per heavy atom. The number of imide groups is 1. The zero-order valence-corrected chi connectivity index (χ0v) is 16.5. The van der Waals surface area contributed by atoms with E-state index >= 15 is 0 Å². The third kappa shape index (κ3) is 5.63. The molecule has 1 aromatic carbocycles. The number of amides is 3. The third-order valence-electron chi connectivity index (χ3n) is 4.51. The molecule has 7 nitrogen and oxygen atoms in total. The van der Waals surface area contributed by atoms with Crippen molar-refractivity contribution in [3.05, 3.63) is 35.3 Å². The summed E-state index contributed by atoms with van der Waals surface area (Å²) < 4.78 is 6.08. The summed E-state index contributed by atoms with van der Waals surface area (Å²) >= 11 is 1.45. The van der Waals surface area contributed by atoms with E-state index in [4.69, 9.17) is 4.74 Å². The maximum absolute atomic E-state index is 12.0. The molecule has 0 bridgehead atoms. The molecule has 1 aromatic heterocycles. The number of fused-ring (bicyclic) bond motifs is 1. The largest absolute Gasteiger partial charge is 0.449 e. The summed E-state index contributed by atoms with van der Waals surface area (Å²) in [4.78, 5) is 40.3. The van der Waals surface area contributed by atoms with Gasteiger partial charge in [0.05, 0.1) is 10.2 Å². The summed E-state index contributed by atoms with van der Waals surface area (Å²) in [6.07, 6.45) is 6.87. The van der Waals surface area contributed by atoms with Gasteiger partial charge in [0.25, 0.3) is 5.91 Å². The van der Waals surface area contributed by atoms with Crippen LogP contribution in [0, 0.1) is 0 Å². The van der Waals surface area contributed by atoms with Crippen LogP contribution in [0.3, 0.4) is 0 Å². The number of carbonyl (C=O) groups excluding carboxylic acids is 3. The molecule has 1 saturated carbocycles. The zero-order chi connectivity index (χ0) is 19.9. The molecular weight excluding hydrogens is 378 g/mol. The first-order valence-electron chi connectivity index (χ1n) is 9.37. The predicted octanol–water partition coefficient (Wildman–Crippen LogP) is 3.40. The van der Waals surface area contributed by atoms with Gasteiger partial charge in [-0.05, 0) is 38.0 Å². The van der Waals surface area contributed by atoms with Crippen LogP contribution in [0.1, 0.15) is 44.0 Å². The fourth-order valence-electron chi connectivity index (χ4n) is 3.05. The van der Waals surface area contributed by atoms with Crippen molar-refractivity contribution < 1.29 is 19.1 Å². The minimum Gasteiger partial charge on any atom is -0.449 e. The Hall–Kier alpha value is -2.74. The first-order chi connectivity index (χ1) is 13.5. The molecule has 148 valence electrons. The quantitative estimate of drug-likeness (QED) is 0.591. The van der Waals surface area contributed by atoms with Crippen LogP contribution in [0.25, 0.3) is 16.3 Å². The number of urea groups is 1. The van der Waals surface area contributed by atoms with Crippen LogP contribution in [0.2, 0.25) is 0 Å². The van der Waals surface area contributed by atoms with Crippen molar-refractivity contribution in [1.29, 1.82) is 0 Å². The number of nitrogens with zero attached hydrogens (tertiary/aromatic N) is 1. The normalized spacial score (nSPS) is 16.0. The second-order valence-corrected chi connectivity index (χ2v) is 7.79. The lowest BCUT2D eigenvalue weighted by atomic mass is 9.96. The highest BCUT2D eigenvalue weighted by molar-refractivity contribution is 7.19. The third-order valence-corrected chi connectivity index (χ3v) is 5.51. The number of rotatable bonds is 5. The van der Waals surface area contributed by atoms with Crippen molar-refractivity contribution in [2.24, 2.45) is 0 Å². The van der Waals surface area contributed by atoms with E-state index in [2.05, 4.69) is 15.6 Å². The van der Waals surface area contributed by atoms with E-state index in [1.807, 2.05) is 24.3 Å². The first-order valence-corrected chi connectivity index (χ1v) is 10.2. The van der Waals surface area contributed by atoms with Gasteiger partial charge >= 0.3 is 12.0 Å². The van der Waals surface area contributed by atoms with Crippen LogP contribution in [-0.2, 0) is 14.3 Å². The van der Waals surface area contributed by atoms with Gasteiger partial charge in [-0.3, -0.25) is 10.1 Å². The topological polar surface area (TPSA) is 97.4 Å². The molecule has 0 aliphatic heterocycles. The fraction of sp³-hybridized carbons (Fsp3) is 0.400. The SMILES string of the molecule is C[C@@H](OC(=O)/C=C/c1nc2ccccc2s1)C(=O)NC(=O)NC1CCCCC1. The molecule has 2 aromatic rings. The van der Waals surface area contributed by atoms with E-state index in [9.17, 15) is 14.4 Å². The van der Waals surface area contributed by atoms with Crippen molar-refractivity contribution in [3.63, 3.8) is 0 Å². The van der Waals surface area contributed by atoms with Crippen LogP contribution in [-0.4, -0.2) is 35.0 Å². The maximum atomic E-state index is 12.0. The Kier molecular flexibility index (Phi) is 6.76. The predicted molar refractivity (Wildman–Crippen MR) is 108 cm³/mol. The monoisotopic (exact) mass is 401 g/mol. The van der Waals surface area contributed by atoms with Crippen molar-refractivity contribution in [1.82, 2.24) is 15.6 Å². The first kappa shape index (κ1) is 20.0. The van der Waals surface area contributed by atoms with Crippen LogP contribution in [0.4, 0.5) is 4.79 Å². The molecule has 0 saturated heterocycles.